The van der Waals surface area contributed by atoms with Crippen LogP contribution in [0.15, 0.2) is 47.0 Å². The van der Waals surface area contributed by atoms with Crippen LogP contribution in [-0.2, 0) is 6.54 Å². The molecule has 0 radical (unpaired) electrons. The zero-order valence-corrected chi connectivity index (χ0v) is 19.5. The molecule has 4 rings (SSSR count). The van der Waals surface area contributed by atoms with E-state index in [9.17, 15) is 4.79 Å². The molecule has 1 N–H and O–H groups in total. The number of carbonyl (C=O) groups is 1. The number of benzene rings is 2. The second kappa shape index (κ2) is 10.6. The molecule has 3 aromatic rings. The lowest BCUT2D eigenvalue weighted by Gasteiger charge is -2.33. The van der Waals surface area contributed by atoms with Gasteiger partial charge < -0.3 is 24.2 Å². The first-order valence-corrected chi connectivity index (χ1v) is 11.3. The fourth-order valence-corrected chi connectivity index (χ4v) is 4.27. The predicted octanol–water partition coefficient (Wildman–Crippen LogP) is 5.77. The predicted molar refractivity (Wildman–Crippen MR) is 126 cm³/mol. The largest absolute Gasteiger partial charge is 0.493 e. The third-order valence-corrected chi connectivity index (χ3v) is 6.00. The fraction of sp³-hybridized carbons (Fsp3) is 0.375. The molecule has 0 spiro atoms. The van der Waals surface area contributed by atoms with Crippen LogP contribution in [0.2, 0.25) is 5.02 Å². The van der Waals surface area contributed by atoms with Crippen molar-refractivity contribution in [3.05, 3.63) is 53.4 Å². The van der Waals surface area contributed by atoms with E-state index in [1.165, 1.54) is 6.42 Å². The Bertz CT molecular complexity index is 1100. The van der Waals surface area contributed by atoms with Gasteiger partial charge in [-0.05, 0) is 49.2 Å². The number of halogens is 1. The molecule has 2 aromatic carbocycles. The van der Waals surface area contributed by atoms with Gasteiger partial charge in [0.05, 0.1) is 14.2 Å². The smallest absolute Gasteiger partial charge is 0.322 e. The number of hydrogen-bond donors (Lipinski definition) is 1. The number of rotatable bonds is 7. The summed E-state index contributed by atoms with van der Waals surface area (Å²) in [7, 11) is 3.15. The van der Waals surface area contributed by atoms with Crippen molar-refractivity contribution in [3.63, 3.8) is 0 Å². The molecule has 1 heterocycles. The van der Waals surface area contributed by atoms with Gasteiger partial charge in [-0.25, -0.2) is 4.79 Å². The highest BCUT2D eigenvalue weighted by Crippen LogP contribution is 2.31. The van der Waals surface area contributed by atoms with E-state index in [-0.39, 0.29) is 18.6 Å². The number of amides is 2. The Balaban J connectivity index is 1.54. The molecule has 1 aromatic heterocycles. The van der Waals surface area contributed by atoms with Crippen LogP contribution in [0.5, 0.6) is 11.5 Å². The van der Waals surface area contributed by atoms with Crippen LogP contribution < -0.4 is 14.8 Å². The van der Waals surface area contributed by atoms with Crippen molar-refractivity contribution in [3.8, 4) is 22.9 Å². The third-order valence-electron chi connectivity index (χ3n) is 5.77. The van der Waals surface area contributed by atoms with Crippen LogP contribution in [0.3, 0.4) is 0 Å². The summed E-state index contributed by atoms with van der Waals surface area (Å²) >= 11 is 6.07. The van der Waals surface area contributed by atoms with Gasteiger partial charge in [0.15, 0.2) is 11.5 Å². The molecule has 33 heavy (non-hydrogen) atoms. The van der Waals surface area contributed by atoms with Gasteiger partial charge in [-0.15, -0.1) is 0 Å². The maximum atomic E-state index is 13.2. The number of urea groups is 1. The average Bonchev–Trinajstić information content (AvgIpc) is 3.31. The van der Waals surface area contributed by atoms with E-state index in [0.717, 1.165) is 31.2 Å². The maximum absolute atomic E-state index is 13.2. The van der Waals surface area contributed by atoms with Crippen molar-refractivity contribution in [1.29, 1.82) is 0 Å². The second-order valence-corrected chi connectivity index (χ2v) is 8.38. The van der Waals surface area contributed by atoms with Crippen molar-refractivity contribution >= 4 is 23.3 Å². The Hall–Kier alpha value is -3.26. The van der Waals surface area contributed by atoms with Gasteiger partial charge in [-0.3, -0.25) is 0 Å². The minimum atomic E-state index is -0.213. The van der Waals surface area contributed by atoms with Crippen molar-refractivity contribution in [1.82, 2.24) is 15.0 Å². The zero-order valence-electron chi connectivity index (χ0n) is 18.7. The van der Waals surface area contributed by atoms with Crippen LogP contribution in [0.25, 0.3) is 11.4 Å². The lowest BCUT2D eigenvalue weighted by atomic mass is 9.94. The number of methoxy groups -OCH3 is 2. The summed E-state index contributed by atoms with van der Waals surface area (Å²) in [5.74, 6) is 1.98. The van der Waals surface area contributed by atoms with Gasteiger partial charge in [-0.1, -0.05) is 42.1 Å². The van der Waals surface area contributed by atoms with Crippen LogP contribution in [-0.4, -0.2) is 41.3 Å². The Morgan fingerprint density at radius 3 is 2.64 bits per heavy atom. The van der Waals surface area contributed by atoms with Crippen molar-refractivity contribution in [2.45, 2.75) is 44.7 Å². The topological polar surface area (TPSA) is 89.7 Å². The third kappa shape index (κ3) is 5.57. The SMILES string of the molecule is COc1ccc(-c2noc(CN(C(=O)Nc3cccc(Cl)c3)C3CCCCC3)n2)cc1OC. The molecule has 9 heteroatoms. The van der Waals surface area contributed by atoms with Crippen molar-refractivity contribution in [2.24, 2.45) is 0 Å². The van der Waals surface area contributed by atoms with Crippen LogP contribution in [0, 0.1) is 0 Å². The molecule has 174 valence electrons. The van der Waals surface area contributed by atoms with E-state index in [2.05, 4.69) is 15.5 Å². The highest BCUT2D eigenvalue weighted by molar-refractivity contribution is 6.30. The first kappa shape index (κ1) is 22.9. The molecular formula is C24H27ClN4O4. The van der Waals surface area contributed by atoms with Crippen LogP contribution in [0.4, 0.5) is 10.5 Å². The molecule has 1 saturated carbocycles. The van der Waals surface area contributed by atoms with Crippen LogP contribution in [0.1, 0.15) is 38.0 Å². The summed E-state index contributed by atoms with van der Waals surface area (Å²) in [4.78, 5) is 19.5. The first-order valence-electron chi connectivity index (χ1n) is 11.0. The summed E-state index contributed by atoms with van der Waals surface area (Å²) in [6, 6.07) is 12.4. The van der Waals surface area contributed by atoms with E-state index in [1.807, 2.05) is 12.1 Å². The number of hydrogen-bond acceptors (Lipinski definition) is 6. The minimum Gasteiger partial charge on any atom is -0.493 e. The van der Waals surface area contributed by atoms with Gasteiger partial charge in [0.1, 0.15) is 6.54 Å². The molecule has 0 saturated heterocycles. The Morgan fingerprint density at radius 1 is 1.12 bits per heavy atom. The van der Waals surface area contributed by atoms with E-state index >= 15 is 0 Å². The molecule has 0 unspecified atom stereocenters. The van der Waals surface area contributed by atoms with Crippen LogP contribution >= 0.6 is 11.6 Å². The van der Waals surface area contributed by atoms with Gasteiger partial charge in [0, 0.05) is 22.3 Å². The normalized spacial score (nSPS) is 14.0. The summed E-state index contributed by atoms with van der Waals surface area (Å²) in [5, 5.41) is 7.62. The number of nitrogens with zero attached hydrogens (tertiary/aromatic N) is 3. The molecule has 1 aliphatic rings. The van der Waals surface area contributed by atoms with Gasteiger partial charge in [0.2, 0.25) is 11.7 Å². The van der Waals surface area contributed by atoms with E-state index in [0.29, 0.717) is 33.9 Å². The average molecular weight is 471 g/mol. The molecular weight excluding hydrogens is 444 g/mol. The molecule has 0 aliphatic heterocycles. The summed E-state index contributed by atoms with van der Waals surface area (Å²) in [6.45, 7) is 0.220. The zero-order chi connectivity index (χ0) is 23.2. The summed E-state index contributed by atoms with van der Waals surface area (Å²) in [6.07, 6.45) is 5.25. The molecule has 0 atom stereocenters. The Labute approximate surface area is 197 Å². The number of carbonyl (C=O) groups excluding carboxylic acids is 1. The molecule has 0 bridgehead atoms. The minimum absolute atomic E-state index is 0.106. The molecule has 8 nitrogen and oxygen atoms in total. The van der Waals surface area contributed by atoms with E-state index < -0.39 is 0 Å². The molecule has 1 fully saturated rings. The quantitative estimate of drug-likeness (QED) is 0.471. The number of nitrogens with one attached hydrogen (secondary N) is 1. The Kier molecular flexibility index (Phi) is 7.34. The highest BCUT2D eigenvalue weighted by Gasteiger charge is 2.28. The number of ether oxygens (including phenoxy) is 2. The maximum Gasteiger partial charge on any atom is 0.322 e. The highest BCUT2D eigenvalue weighted by atomic mass is 35.5. The standard InChI is InChI=1S/C24H27ClN4O4/c1-31-20-12-11-16(13-21(20)32-2)23-27-22(33-28-23)15-29(19-9-4-3-5-10-19)24(30)26-18-8-6-7-17(25)14-18/h6-8,11-14,19H,3-5,9-10,15H2,1-2H3,(H,26,30). The van der Waals surface area contributed by atoms with E-state index in [1.54, 1.807) is 49.5 Å². The number of aromatic nitrogens is 2. The van der Waals surface area contributed by atoms with Gasteiger partial charge >= 0.3 is 6.03 Å². The lowest BCUT2D eigenvalue weighted by molar-refractivity contribution is 0.151. The van der Waals surface area contributed by atoms with Crippen molar-refractivity contribution in [2.75, 3.05) is 19.5 Å². The summed E-state index contributed by atoms with van der Waals surface area (Å²) in [5.41, 5.74) is 1.38. The molecule has 2 amide bonds. The van der Waals surface area contributed by atoms with Crippen molar-refractivity contribution < 1.29 is 18.8 Å². The first-order chi connectivity index (χ1) is 16.1. The van der Waals surface area contributed by atoms with Gasteiger partial charge in [0.25, 0.3) is 0 Å². The lowest BCUT2D eigenvalue weighted by Crippen LogP contribution is -2.43. The molecule has 1 aliphatic carbocycles. The second-order valence-electron chi connectivity index (χ2n) is 7.94. The monoisotopic (exact) mass is 470 g/mol. The van der Waals surface area contributed by atoms with E-state index in [4.69, 9.17) is 25.6 Å². The Morgan fingerprint density at radius 2 is 1.91 bits per heavy atom. The number of anilines is 1. The van der Waals surface area contributed by atoms with Gasteiger partial charge in [-0.2, -0.15) is 4.98 Å². The fourth-order valence-electron chi connectivity index (χ4n) is 4.08. The summed E-state index contributed by atoms with van der Waals surface area (Å²) < 4.78 is 16.2.